The summed E-state index contributed by atoms with van der Waals surface area (Å²) < 4.78 is 5.20. The van der Waals surface area contributed by atoms with Crippen molar-refractivity contribution < 1.29 is 14.3 Å². The van der Waals surface area contributed by atoms with Gasteiger partial charge in [0.2, 0.25) is 0 Å². The normalized spacial score (nSPS) is 20.2. The summed E-state index contributed by atoms with van der Waals surface area (Å²) in [6, 6.07) is 9.48. The van der Waals surface area contributed by atoms with Crippen LogP contribution in [0, 0.1) is 11.3 Å². The zero-order valence-corrected chi connectivity index (χ0v) is 21.1. The highest BCUT2D eigenvalue weighted by Crippen LogP contribution is 2.50. The highest BCUT2D eigenvalue weighted by molar-refractivity contribution is 7.16. The molecule has 0 bridgehead atoms. The summed E-state index contributed by atoms with van der Waals surface area (Å²) in [5, 5.41) is 11.5. The molecule has 1 aromatic carbocycles. The third-order valence-corrected chi connectivity index (χ3v) is 8.64. The standard InChI is InChI=1S/C27H26ClN3O3S/c1-34-27(33)23-17-6-3-2-4-9-21(17)35-26(23)31-19-7-5-8-20(32)24(19)22(18(14-29)25(31)30)15-10-12-16(28)13-11-15/h10-13,22H,2-9,30H2,1H3/t22-/m1/s1. The zero-order valence-electron chi connectivity index (χ0n) is 19.5. The van der Waals surface area contributed by atoms with Crippen molar-refractivity contribution in [2.24, 2.45) is 5.73 Å². The van der Waals surface area contributed by atoms with Gasteiger partial charge in [-0.05, 0) is 61.8 Å². The fourth-order valence-electron chi connectivity index (χ4n) is 5.51. The van der Waals surface area contributed by atoms with E-state index >= 15 is 0 Å². The molecular weight excluding hydrogens is 482 g/mol. The van der Waals surface area contributed by atoms with E-state index in [4.69, 9.17) is 22.1 Å². The van der Waals surface area contributed by atoms with Gasteiger partial charge in [0.1, 0.15) is 10.8 Å². The Morgan fingerprint density at radius 3 is 2.60 bits per heavy atom. The summed E-state index contributed by atoms with van der Waals surface area (Å²) in [5.41, 5.74) is 10.7. The first-order chi connectivity index (χ1) is 17.0. The van der Waals surface area contributed by atoms with Gasteiger partial charge < -0.3 is 10.5 Å². The molecule has 6 nitrogen and oxygen atoms in total. The molecule has 3 aliphatic rings. The average molecular weight is 508 g/mol. The molecule has 0 amide bonds. The third-order valence-electron chi connectivity index (χ3n) is 7.11. The summed E-state index contributed by atoms with van der Waals surface area (Å²) in [4.78, 5) is 29.4. The highest BCUT2D eigenvalue weighted by atomic mass is 35.5. The van der Waals surface area contributed by atoms with Gasteiger partial charge in [-0.15, -0.1) is 11.3 Å². The smallest absolute Gasteiger partial charge is 0.341 e. The molecule has 0 radical (unpaired) electrons. The summed E-state index contributed by atoms with van der Waals surface area (Å²) in [7, 11) is 1.38. The van der Waals surface area contributed by atoms with E-state index in [1.807, 2.05) is 17.0 Å². The molecule has 2 heterocycles. The van der Waals surface area contributed by atoms with E-state index < -0.39 is 11.9 Å². The maximum atomic E-state index is 13.4. The van der Waals surface area contributed by atoms with Crippen LogP contribution in [0.1, 0.15) is 70.8 Å². The number of Topliss-reactive ketones (excluding diaryl/α,β-unsaturated/α-hetero) is 1. The largest absolute Gasteiger partial charge is 0.465 e. The Balaban J connectivity index is 1.76. The van der Waals surface area contributed by atoms with E-state index in [0.717, 1.165) is 53.8 Å². The quantitative estimate of drug-likeness (QED) is 0.419. The average Bonchev–Trinajstić information content (AvgIpc) is 3.05. The van der Waals surface area contributed by atoms with Crippen molar-refractivity contribution in [2.75, 3.05) is 12.0 Å². The number of fused-ring (bicyclic) bond motifs is 1. The number of aryl methyl sites for hydroxylation is 1. The van der Waals surface area contributed by atoms with Crippen molar-refractivity contribution in [1.82, 2.24) is 0 Å². The summed E-state index contributed by atoms with van der Waals surface area (Å²) in [6.07, 6.45) is 6.62. The number of halogens is 1. The van der Waals surface area contributed by atoms with Gasteiger partial charge in [0.05, 0.1) is 30.2 Å². The first kappa shape index (κ1) is 23.7. The number of thiophene rings is 1. The number of anilines is 1. The van der Waals surface area contributed by atoms with Crippen molar-refractivity contribution in [1.29, 1.82) is 5.26 Å². The second-order valence-electron chi connectivity index (χ2n) is 9.10. The van der Waals surface area contributed by atoms with Crippen LogP contribution >= 0.6 is 22.9 Å². The Kier molecular flexibility index (Phi) is 6.43. The minimum Gasteiger partial charge on any atom is -0.465 e. The van der Waals surface area contributed by atoms with Crippen LogP contribution in [0.4, 0.5) is 5.00 Å². The number of rotatable bonds is 3. The molecule has 8 heteroatoms. The van der Waals surface area contributed by atoms with Crippen LogP contribution in [-0.2, 0) is 22.4 Å². The molecule has 1 aromatic heterocycles. The number of esters is 1. The number of allylic oxidation sites excluding steroid dienone is 3. The lowest BCUT2D eigenvalue weighted by atomic mass is 9.75. The molecule has 2 aromatic rings. The number of methoxy groups -OCH3 is 1. The van der Waals surface area contributed by atoms with Crippen molar-refractivity contribution >= 4 is 39.7 Å². The van der Waals surface area contributed by atoms with Gasteiger partial charge in [-0.3, -0.25) is 9.69 Å². The number of hydrogen-bond donors (Lipinski definition) is 1. The van der Waals surface area contributed by atoms with Gasteiger partial charge in [0, 0.05) is 27.6 Å². The molecule has 0 saturated heterocycles. The van der Waals surface area contributed by atoms with Gasteiger partial charge in [0.15, 0.2) is 5.78 Å². The van der Waals surface area contributed by atoms with Gasteiger partial charge in [-0.2, -0.15) is 5.26 Å². The van der Waals surface area contributed by atoms with Crippen molar-refractivity contribution in [3.05, 3.63) is 73.5 Å². The Labute approximate surface area is 213 Å². The maximum absolute atomic E-state index is 13.4. The van der Waals surface area contributed by atoms with E-state index in [-0.39, 0.29) is 11.6 Å². The van der Waals surface area contributed by atoms with Crippen LogP contribution in [0.25, 0.3) is 0 Å². The topological polar surface area (TPSA) is 96.4 Å². The SMILES string of the molecule is COC(=O)c1c(N2C(N)=C(C#N)[C@@H](c3ccc(Cl)cc3)C3=C2CCCC3=O)sc2c1CCCCC2. The van der Waals surface area contributed by atoms with Crippen LogP contribution < -0.4 is 10.6 Å². The molecular formula is C27H26ClN3O3S. The zero-order chi connectivity index (χ0) is 24.7. The number of carbonyl (C=O) groups is 2. The predicted octanol–water partition coefficient (Wildman–Crippen LogP) is 5.76. The molecule has 0 spiro atoms. The first-order valence-corrected chi connectivity index (χ1v) is 13.1. The third kappa shape index (κ3) is 3.95. The molecule has 0 fully saturated rings. The van der Waals surface area contributed by atoms with Crippen molar-refractivity contribution in [3.63, 3.8) is 0 Å². The molecule has 1 atom stereocenters. The fourth-order valence-corrected chi connectivity index (χ4v) is 7.05. The van der Waals surface area contributed by atoms with Gasteiger partial charge in [-0.1, -0.05) is 30.2 Å². The van der Waals surface area contributed by atoms with E-state index in [1.54, 1.807) is 12.1 Å². The van der Waals surface area contributed by atoms with Crippen molar-refractivity contribution in [3.8, 4) is 6.07 Å². The number of ketones is 1. The first-order valence-electron chi connectivity index (χ1n) is 11.9. The summed E-state index contributed by atoms with van der Waals surface area (Å²) in [5.74, 6) is -0.692. The van der Waals surface area contributed by atoms with Crippen LogP contribution in [-0.4, -0.2) is 18.9 Å². The van der Waals surface area contributed by atoms with Crippen LogP contribution in [0.3, 0.4) is 0 Å². The molecule has 2 N–H and O–H groups in total. The predicted molar refractivity (Wildman–Crippen MR) is 136 cm³/mol. The maximum Gasteiger partial charge on any atom is 0.341 e. The van der Waals surface area contributed by atoms with Crippen molar-refractivity contribution in [2.45, 2.75) is 57.3 Å². The van der Waals surface area contributed by atoms with Gasteiger partial charge in [0.25, 0.3) is 0 Å². The molecule has 0 saturated carbocycles. The molecule has 2 aliphatic carbocycles. The number of nitrogens with two attached hydrogens (primary N) is 1. The van der Waals surface area contributed by atoms with E-state index in [0.29, 0.717) is 46.0 Å². The van der Waals surface area contributed by atoms with Crippen LogP contribution in [0.5, 0.6) is 0 Å². The second kappa shape index (κ2) is 9.52. The van der Waals surface area contributed by atoms with E-state index in [9.17, 15) is 14.9 Å². The van der Waals surface area contributed by atoms with Gasteiger partial charge >= 0.3 is 5.97 Å². The van der Waals surface area contributed by atoms with Gasteiger partial charge in [-0.25, -0.2) is 4.79 Å². The minimum atomic E-state index is -0.560. The second-order valence-corrected chi connectivity index (χ2v) is 10.6. The molecule has 1 aliphatic heterocycles. The summed E-state index contributed by atoms with van der Waals surface area (Å²) >= 11 is 7.65. The fraction of sp³-hybridized carbons (Fsp3) is 0.370. The molecule has 180 valence electrons. The Morgan fingerprint density at radius 1 is 1.14 bits per heavy atom. The Bertz CT molecular complexity index is 1320. The lowest BCUT2D eigenvalue weighted by molar-refractivity contribution is -0.116. The number of hydrogen-bond acceptors (Lipinski definition) is 7. The number of benzene rings is 1. The molecule has 35 heavy (non-hydrogen) atoms. The van der Waals surface area contributed by atoms with E-state index in [1.165, 1.54) is 18.4 Å². The van der Waals surface area contributed by atoms with Crippen LogP contribution in [0.2, 0.25) is 5.02 Å². The molecule has 0 unspecified atom stereocenters. The minimum absolute atomic E-state index is 0.00851. The highest BCUT2D eigenvalue weighted by Gasteiger charge is 2.42. The number of ether oxygens (including phenoxy) is 1. The Hall–Kier alpha value is -3.08. The number of nitrogens with zero attached hydrogens (tertiary/aromatic N) is 2. The monoisotopic (exact) mass is 507 g/mol. The van der Waals surface area contributed by atoms with E-state index in [2.05, 4.69) is 6.07 Å². The lowest BCUT2D eigenvalue weighted by Gasteiger charge is -2.39. The molecule has 5 rings (SSSR count). The number of nitriles is 1. The van der Waals surface area contributed by atoms with Crippen LogP contribution in [0.15, 0.2) is 46.9 Å². The lowest BCUT2D eigenvalue weighted by Crippen LogP contribution is -2.39. The number of carbonyl (C=O) groups excluding carboxylic acids is 2. The summed E-state index contributed by atoms with van der Waals surface area (Å²) in [6.45, 7) is 0. The Morgan fingerprint density at radius 2 is 1.89 bits per heavy atom.